The number of aromatic nitrogens is 2. The molecule has 0 saturated heterocycles. The van der Waals surface area contributed by atoms with Crippen LogP contribution in [0.3, 0.4) is 0 Å². The van der Waals surface area contributed by atoms with Crippen LogP contribution in [0.5, 0.6) is 5.88 Å². The number of nitrogens with zero attached hydrogens (tertiary/aromatic N) is 6. The fraction of sp³-hybridized carbons (Fsp3) is 0.167. The number of hydrazone groups is 1. The molecular weight excluding hydrogens is 453 g/mol. The van der Waals surface area contributed by atoms with Crippen molar-refractivity contribution in [2.45, 2.75) is 20.1 Å². The Hall–Kier alpha value is -4.51. The van der Waals surface area contributed by atoms with Gasteiger partial charge in [-0.05, 0) is 36.8 Å². The Balaban J connectivity index is 1.68. The Morgan fingerprint density at radius 3 is 2.57 bits per heavy atom. The maximum absolute atomic E-state index is 13.6. The molecule has 11 heteroatoms. The molecule has 0 atom stereocenters. The van der Waals surface area contributed by atoms with E-state index in [1.54, 1.807) is 17.9 Å². The number of aliphatic hydroxyl groups excluding tert-OH is 1. The van der Waals surface area contributed by atoms with Gasteiger partial charge in [-0.3, -0.25) is 4.98 Å². The van der Waals surface area contributed by atoms with Crippen LogP contribution < -0.4 is 5.73 Å². The SMILES string of the molecule is Cc1cc(C2=C(c3ccccc3)N=C(N)N3CN(Cc4ccc(F)c(O)n4)[N+]([O-])=C23)cc(CO)n1. The zero-order valence-corrected chi connectivity index (χ0v) is 18.8. The van der Waals surface area contributed by atoms with Crippen LogP contribution in [0.25, 0.3) is 11.3 Å². The first-order valence-corrected chi connectivity index (χ1v) is 10.8. The fourth-order valence-corrected chi connectivity index (χ4v) is 4.17. The number of amidine groups is 1. The van der Waals surface area contributed by atoms with Crippen molar-refractivity contribution in [3.63, 3.8) is 0 Å². The molecule has 2 aliphatic rings. The van der Waals surface area contributed by atoms with E-state index in [0.29, 0.717) is 38.8 Å². The lowest BCUT2D eigenvalue weighted by Gasteiger charge is -2.22. The monoisotopic (exact) mass is 475 g/mol. The number of benzene rings is 1. The van der Waals surface area contributed by atoms with Gasteiger partial charge < -0.3 is 21.2 Å². The third-order valence-corrected chi connectivity index (χ3v) is 5.70. The van der Waals surface area contributed by atoms with Crippen LogP contribution in [0.15, 0.2) is 59.6 Å². The summed E-state index contributed by atoms with van der Waals surface area (Å²) in [6.45, 7) is 1.60. The highest BCUT2D eigenvalue weighted by Crippen LogP contribution is 2.35. The summed E-state index contributed by atoms with van der Waals surface area (Å²) >= 11 is 0. The van der Waals surface area contributed by atoms with Gasteiger partial charge >= 0.3 is 5.84 Å². The Morgan fingerprint density at radius 1 is 1.09 bits per heavy atom. The van der Waals surface area contributed by atoms with Crippen molar-refractivity contribution in [2.75, 3.05) is 6.67 Å². The molecule has 0 spiro atoms. The highest BCUT2D eigenvalue weighted by molar-refractivity contribution is 6.33. The molecule has 4 N–H and O–H groups in total. The van der Waals surface area contributed by atoms with Gasteiger partial charge in [0.15, 0.2) is 12.5 Å². The predicted molar refractivity (Wildman–Crippen MR) is 127 cm³/mol. The number of hydrazine groups is 1. The highest BCUT2D eigenvalue weighted by Gasteiger charge is 2.44. The second-order valence-electron chi connectivity index (χ2n) is 8.14. The minimum atomic E-state index is -0.845. The third-order valence-electron chi connectivity index (χ3n) is 5.70. The number of guanidine groups is 1. The van der Waals surface area contributed by atoms with Crippen LogP contribution in [-0.4, -0.2) is 53.4 Å². The van der Waals surface area contributed by atoms with Crippen LogP contribution in [0.2, 0.25) is 0 Å². The van der Waals surface area contributed by atoms with Crippen molar-refractivity contribution in [2.24, 2.45) is 10.7 Å². The van der Waals surface area contributed by atoms with E-state index < -0.39 is 11.7 Å². The maximum Gasteiger partial charge on any atom is 0.318 e. The number of halogens is 1. The summed E-state index contributed by atoms with van der Waals surface area (Å²) in [6, 6.07) is 15.4. The molecule has 0 radical (unpaired) electrons. The smallest absolute Gasteiger partial charge is 0.318 e. The molecule has 0 aliphatic carbocycles. The summed E-state index contributed by atoms with van der Waals surface area (Å²) < 4.78 is 13.4. The fourth-order valence-electron chi connectivity index (χ4n) is 4.17. The average Bonchev–Trinajstić information content (AvgIpc) is 3.18. The molecule has 0 bridgehead atoms. The summed E-state index contributed by atoms with van der Waals surface area (Å²) in [5.74, 6) is -1.20. The van der Waals surface area contributed by atoms with Gasteiger partial charge in [0.25, 0.3) is 5.96 Å². The van der Waals surface area contributed by atoms with Gasteiger partial charge in [0, 0.05) is 11.3 Å². The lowest BCUT2D eigenvalue weighted by Crippen LogP contribution is -2.44. The summed E-state index contributed by atoms with van der Waals surface area (Å²) in [5.41, 5.74) is 10.2. The number of aliphatic imine (C=N–C) groups is 1. The zero-order chi connectivity index (χ0) is 24.7. The van der Waals surface area contributed by atoms with Crippen molar-refractivity contribution in [1.82, 2.24) is 19.9 Å². The van der Waals surface area contributed by atoms with Gasteiger partial charge in [0.2, 0.25) is 5.88 Å². The van der Waals surface area contributed by atoms with Gasteiger partial charge in [-0.25, -0.2) is 9.37 Å². The zero-order valence-electron chi connectivity index (χ0n) is 18.8. The van der Waals surface area contributed by atoms with Gasteiger partial charge in [0.05, 0.1) is 23.7 Å². The van der Waals surface area contributed by atoms with Gasteiger partial charge in [-0.15, -0.1) is 0 Å². The Kier molecular flexibility index (Phi) is 5.53. The van der Waals surface area contributed by atoms with Crippen LogP contribution >= 0.6 is 0 Å². The van der Waals surface area contributed by atoms with Gasteiger partial charge in [-0.2, -0.15) is 19.7 Å². The Labute approximate surface area is 200 Å². The summed E-state index contributed by atoms with van der Waals surface area (Å²) in [7, 11) is 0. The first-order valence-electron chi connectivity index (χ1n) is 10.8. The van der Waals surface area contributed by atoms with E-state index in [1.165, 1.54) is 11.1 Å². The quantitative estimate of drug-likeness (QED) is 0.376. The van der Waals surface area contributed by atoms with Gasteiger partial charge in [-0.1, -0.05) is 30.3 Å². The lowest BCUT2D eigenvalue weighted by molar-refractivity contribution is -0.630. The minimum Gasteiger partial charge on any atom is -0.692 e. The number of hydrogen-bond acceptors (Lipinski definition) is 9. The molecule has 2 aromatic heterocycles. The molecule has 0 saturated carbocycles. The summed E-state index contributed by atoms with van der Waals surface area (Å²) in [5, 5.41) is 34.4. The first kappa shape index (κ1) is 22.3. The van der Waals surface area contributed by atoms with E-state index in [4.69, 9.17) is 5.73 Å². The lowest BCUT2D eigenvalue weighted by atomic mass is 9.96. The molecule has 178 valence electrons. The maximum atomic E-state index is 13.6. The molecule has 35 heavy (non-hydrogen) atoms. The number of nitrogens with two attached hydrogens (primary N) is 1. The second-order valence-corrected chi connectivity index (χ2v) is 8.14. The standard InChI is InChI=1S/C24H22FN7O3/c1-14-9-16(10-18(12-33)27-14)20-21(15-5-3-2-4-6-15)29-24(26)31-13-30(32(35)23(20)31)11-17-7-8-19(25)22(34)28-17/h2-10,33H,11-13H2,1H3,(H2,26,29)(H,28,34). The molecule has 0 fully saturated rings. The van der Waals surface area contributed by atoms with E-state index in [1.807, 2.05) is 36.4 Å². The minimum absolute atomic E-state index is 0.00413. The highest BCUT2D eigenvalue weighted by atomic mass is 19.1. The molecule has 4 heterocycles. The van der Waals surface area contributed by atoms with Gasteiger partial charge in [0.1, 0.15) is 12.1 Å². The van der Waals surface area contributed by atoms with E-state index in [9.17, 15) is 19.8 Å². The predicted octanol–water partition coefficient (Wildman–Crippen LogP) is 1.92. The normalized spacial score (nSPS) is 15.6. The Bertz CT molecular complexity index is 1410. The molecular formula is C24H22FN7O3. The largest absolute Gasteiger partial charge is 0.692 e. The van der Waals surface area contributed by atoms with Crippen LogP contribution in [0, 0.1) is 17.9 Å². The van der Waals surface area contributed by atoms with Crippen LogP contribution in [0.1, 0.15) is 28.2 Å². The van der Waals surface area contributed by atoms with E-state index in [-0.39, 0.29) is 31.6 Å². The molecule has 0 amide bonds. The van der Waals surface area contributed by atoms with Crippen molar-refractivity contribution in [1.29, 1.82) is 0 Å². The number of rotatable bonds is 5. The van der Waals surface area contributed by atoms with Crippen LogP contribution in [0.4, 0.5) is 4.39 Å². The van der Waals surface area contributed by atoms with Crippen LogP contribution in [-0.2, 0) is 13.2 Å². The molecule has 5 rings (SSSR count). The number of aliphatic hydroxyl groups is 1. The molecule has 2 aliphatic heterocycles. The average molecular weight is 475 g/mol. The molecule has 0 unspecified atom stereocenters. The first-order chi connectivity index (χ1) is 16.9. The number of pyridine rings is 2. The number of aryl methyl sites for hydroxylation is 1. The molecule has 10 nitrogen and oxygen atoms in total. The summed E-state index contributed by atoms with van der Waals surface area (Å²) in [4.78, 5) is 15.1. The second kappa shape index (κ2) is 8.69. The van der Waals surface area contributed by atoms with Crippen molar-refractivity contribution >= 4 is 23.1 Å². The Morgan fingerprint density at radius 2 is 1.86 bits per heavy atom. The molecule has 3 aromatic rings. The van der Waals surface area contributed by atoms with Crippen molar-refractivity contribution < 1.29 is 19.5 Å². The third kappa shape index (κ3) is 4.02. The number of hydrogen-bond donors (Lipinski definition) is 3. The summed E-state index contributed by atoms with van der Waals surface area (Å²) in [6.07, 6.45) is 0. The van der Waals surface area contributed by atoms with E-state index in [0.717, 1.165) is 11.6 Å². The van der Waals surface area contributed by atoms with Crippen molar-refractivity contribution in [3.8, 4) is 5.88 Å². The van der Waals surface area contributed by atoms with E-state index in [2.05, 4.69) is 15.0 Å². The topological polar surface area (TPSA) is 137 Å². The number of fused-ring (bicyclic) bond motifs is 1. The van der Waals surface area contributed by atoms with Crippen molar-refractivity contribution in [3.05, 3.63) is 93.8 Å². The molecule has 1 aromatic carbocycles. The number of aromatic hydroxyl groups is 1. The van der Waals surface area contributed by atoms with E-state index >= 15 is 0 Å².